The third-order valence-corrected chi connectivity index (χ3v) is 3.29. The predicted molar refractivity (Wildman–Crippen MR) is 63.9 cm³/mol. The summed E-state index contributed by atoms with van der Waals surface area (Å²) in [6, 6.07) is 7.88. The summed E-state index contributed by atoms with van der Waals surface area (Å²) >= 11 is 1.41. The average molecular weight is 236 g/mol. The molecule has 0 bridgehead atoms. The highest BCUT2D eigenvalue weighted by Crippen LogP contribution is 2.26. The number of fused-ring (bicyclic) bond motifs is 1. The Morgan fingerprint density at radius 3 is 3.00 bits per heavy atom. The zero-order valence-corrected chi connectivity index (χ0v) is 9.71. The number of thiophene rings is 1. The van der Waals surface area contributed by atoms with Gasteiger partial charge in [0.05, 0.1) is 6.61 Å². The Balaban J connectivity index is 2.28. The SMILES string of the molecule is Cc1ccc2sc(C(=O)OCCO)cc2c1. The van der Waals surface area contributed by atoms with E-state index in [1.807, 2.05) is 31.2 Å². The van der Waals surface area contributed by atoms with Crippen molar-refractivity contribution in [3.63, 3.8) is 0 Å². The van der Waals surface area contributed by atoms with Crippen LogP contribution in [-0.4, -0.2) is 24.3 Å². The first-order valence-electron chi connectivity index (χ1n) is 4.99. The monoisotopic (exact) mass is 236 g/mol. The number of hydrogen-bond donors (Lipinski definition) is 1. The van der Waals surface area contributed by atoms with E-state index in [-0.39, 0.29) is 19.2 Å². The van der Waals surface area contributed by atoms with Crippen LogP contribution in [-0.2, 0) is 4.74 Å². The maximum atomic E-state index is 11.5. The number of ether oxygens (including phenoxy) is 1. The fraction of sp³-hybridized carbons (Fsp3) is 0.250. The van der Waals surface area contributed by atoms with Gasteiger partial charge in [0, 0.05) is 4.70 Å². The molecule has 1 N–H and O–H groups in total. The van der Waals surface area contributed by atoms with Crippen LogP contribution in [0.25, 0.3) is 10.1 Å². The van der Waals surface area contributed by atoms with E-state index in [0.717, 1.165) is 10.1 Å². The normalized spacial score (nSPS) is 10.6. The van der Waals surface area contributed by atoms with Gasteiger partial charge in [-0.25, -0.2) is 4.79 Å². The van der Waals surface area contributed by atoms with Crippen molar-refractivity contribution in [2.45, 2.75) is 6.92 Å². The van der Waals surface area contributed by atoms with E-state index in [9.17, 15) is 4.79 Å². The Morgan fingerprint density at radius 1 is 1.44 bits per heavy atom. The van der Waals surface area contributed by atoms with Crippen LogP contribution in [0.4, 0.5) is 0 Å². The highest BCUT2D eigenvalue weighted by atomic mass is 32.1. The fourth-order valence-electron chi connectivity index (χ4n) is 1.47. The van der Waals surface area contributed by atoms with Crippen molar-refractivity contribution < 1.29 is 14.6 Å². The predicted octanol–water partition coefficient (Wildman–Crippen LogP) is 2.36. The van der Waals surface area contributed by atoms with Gasteiger partial charge < -0.3 is 9.84 Å². The first-order chi connectivity index (χ1) is 7.70. The third kappa shape index (κ3) is 2.23. The molecule has 0 aliphatic rings. The quantitative estimate of drug-likeness (QED) is 0.832. The summed E-state index contributed by atoms with van der Waals surface area (Å²) in [6.45, 7) is 1.92. The maximum absolute atomic E-state index is 11.5. The lowest BCUT2D eigenvalue weighted by Gasteiger charge is -1.98. The second kappa shape index (κ2) is 4.63. The van der Waals surface area contributed by atoms with E-state index in [4.69, 9.17) is 9.84 Å². The molecule has 4 heteroatoms. The zero-order chi connectivity index (χ0) is 11.5. The summed E-state index contributed by atoms with van der Waals surface area (Å²) in [6.07, 6.45) is 0. The van der Waals surface area contributed by atoms with E-state index in [0.29, 0.717) is 4.88 Å². The van der Waals surface area contributed by atoms with E-state index in [2.05, 4.69) is 0 Å². The molecular weight excluding hydrogens is 224 g/mol. The highest BCUT2D eigenvalue weighted by molar-refractivity contribution is 7.20. The lowest BCUT2D eigenvalue weighted by molar-refractivity contribution is 0.0439. The van der Waals surface area contributed by atoms with Gasteiger partial charge in [0.15, 0.2) is 0 Å². The smallest absolute Gasteiger partial charge is 0.348 e. The van der Waals surface area contributed by atoms with Crippen molar-refractivity contribution >= 4 is 27.4 Å². The largest absolute Gasteiger partial charge is 0.459 e. The fourth-order valence-corrected chi connectivity index (χ4v) is 2.41. The lowest BCUT2D eigenvalue weighted by Crippen LogP contribution is -2.06. The van der Waals surface area contributed by atoms with Gasteiger partial charge in [-0.1, -0.05) is 17.7 Å². The van der Waals surface area contributed by atoms with E-state index < -0.39 is 0 Å². The summed E-state index contributed by atoms with van der Waals surface area (Å²) < 4.78 is 5.93. The van der Waals surface area contributed by atoms with Crippen molar-refractivity contribution in [2.24, 2.45) is 0 Å². The van der Waals surface area contributed by atoms with Crippen LogP contribution in [0.1, 0.15) is 15.2 Å². The summed E-state index contributed by atoms with van der Waals surface area (Å²) in [5.74, 6) is -0.368. The number of aryl methyl sites for hydroxylation is 1. The number of aliphatic hydroxyl groups is 1. The van der Waals surface area contributed by atoms with Gasteiger partial charge in [-0.05, 0) is 24.4 Å². The minimum atomic E-state index is -0.368. The molecule has 0 saturated carbocycles. The van der Waals surface area contributed by atoms with Crippen molar-refractivity contribution in [1.82, 2.24) is 0 Å². The van der Waals surface area contributed by atoms with Crippen LogP contribution in [0.5, 0.6) is 0 Å². The number of aliphatic hydroxyl groups excluding tert-OH is 1. The van der Waals surface area contributed by atoms with E-state index in [1.54, 1.807) is 0 Å². The van der Waals surface area contributed by atoms with Crippen LogP contribution < -0.4 is 0 Å². The lowest BCUT2D eigenvalue weighted by atomic mass is 10.2. The topological polar surface area (TPSA) is 46.5 Å². The number of hydrogen-bond acceptors (Lipinski definition) is 4. The van der Waals surface area contributed by atoms with Gasteiger partial charge in [0.2, 0.25) is 0 Å². The molecule has 3 nitrogen and oxygen atoms in total. The van der Waals surface area contributed by atoms with Gasteiger partial charge >= 0.3 is 5.97 Å². The number of esters is 1. The van der Waals surface area contributed by atoms with Crippen LogP contribution in [0.15, 0.2) is 24.3 Å². The zero-order valence-electron chi connectivity index (χ0n) is 8.90. The van der Waals surface area contributed by atoms with Crippen molar-refractivity contribution in [3.05, 3.63) is 34.7 Å². The molecule has 0 saturated heterocycles. The molecule has 2 aromatic rings. The molecular formula is C12H12O3S. The molecule has 1 aromatic carbocycles. The molecule has 84 valence electrons. The molecule has 0 amide bonds. The Kier molecular flexibility index (Phi) is 3.22. The van der Waals surface area contributed by atoms with E-state index in [1.165, 1.54) is 16.9 Å². The third-order valence-electron chi connectivity index (χ3n) is 2.20. The minimum absolute atomic E-state index is 0.0477. The summed E-state index contributed by atoms with van der Waals surface area (Å²) in [5, 5.41) is 9.62. The van der Waals surface area contributed by atoms with Crippen LogP contribution >= 0.6 is 11.3 Å². The molecule has 2 rings (SSSR count). The van der Waals surface area contributed by atoms with E-state index >= 15 is 0 Å². The van der Waals surface area contributed by atoms with Crippen molar-refractivity contribution in [1.29, 1.82) is 0 Å². The number of carbonyl (C=O) groups excluding carboxylic acids is 1. The summed E-state index contributed by atoms with van der Waals surface area (Å²) in [5.41, 5.74) is 1.17. The summed E-state index contributed by atoms with van der Waals surface area (Å²) in [7, 11) is 0. The van der Waals surface area contributed by atoms with Gasteiger partial charge in [0.1, 0.15) is 11.5 Å². The Labute approximate surface area is 97.3 Å². The Bertz CT molecular complexity index is 516. The Hall–Kier alpha value is -1.39. The van der Waals surface area contributed by atoms with Gasteiger partial charge in [-0.2, -0.15) is 0 Å². The molecule has 16 heavy (non-hydrogen) atoms. The second-order valence-electron chi connectivity index (χ2n) is 3.51. The van der Waals surface area contributed by atoms with Crippen molar-refractivity contribution in [2.75, 3.05) is 13.2 Å². The molecule has 0 aliphatic carbocycles. The number of carbonyl (C=O) groups is 1. The van der Waals surface area contributed by atoms with Crippen LogP contribution in [0, 0.1) is 6.92 Å². The number of rotatable bonds is 3. The maximum Gasteiger partial charge on any atom is 0.348 e. The molecule has 0 spiro atoms. The van der Waals surface area contributed by atoms with Gasteiger partial charge in [0.25, 0.3) is 0 Å². The van der Waals surface area contributed by atoms with Gasteiger partial charge in [-0.3, -0.25) is 0 Å². The standard InChI is InChI=1S/C12H12O3S/c1-8-2-3-10-9(6-8)7-11(16-10)12(14)15-5-4-13/h2-3,6-7,13H,4-5H2,1H3. The molecule has 1 heterocycles. The second-order valence-corrected chi connectivity index (χ2v) is 4.60. The molecule has 0 fully saturated rings. The first-order valence-corrected chi connectivity index (χ1v) is 5.80. The Morgan fingerprint density at radius 2 is 2.25 bits per heavy atom. The van der Waals surface area contributed by atoms with Crippen LogP contribution in [0.3, 0.4) is 0 Å². The number of benzene rings is 1. The van der Waals surface area contributed by atoms with Gasteiger partial charge in [-0.15, -0.1) is 11.3 Å². The summed E-state index contributed by atoms with van der Waals surface area (Å²) in [4.78, 5) is 12.1. The molecule has 0 unspecified atom stereocenters. The first kappa shape index (κ1) is 11.1. The molecule has 0 radical (unpaired) electrons. The average Bonchev–Trinajstić information content (AvgIpc) is 2.68. The van der Waals surface area contributed by atoms with Crippen LogP contribution in [0.2, 0.25) is 0 Å². The highest BCUT2D eigenvalue weighted by Gasteiger charge is 2.11. The molecule has 0 atom stereocenters. The molecule has 1 aromatic heterocycles. The minimum Gasteiger partial charge on any atom is -0.459 e. The molecule has 0 aliphatic heterocycles. The van der Waals surface area contributed by atoms with Crippen molar-refractivity contribution in [3.8, 4) is 0 Å².